The van der Waals surface area contributed by atoms with E-state index in [0.717, 1.165) is 25.9 Å². The number of carbonyl (C=O) groups is 2. The number of nitrogens with one attached hydrogen (secondary N) is 2. The average Bonchev–Trinajstić information content (AvgIpc) is 2.76. The summed E-state index contributed by atoms with van der Waals surface area (Å²) in [5.74, 6) is 0.139. The molecule has 0 aromatic carbocycles. The van der Waals surface area contributed by atoms with Gasteiger partial charge in [-0.2, -0.15) is 0 Å². The molecule has 1 aliphatic rings. The van der Waals surface area contributed by atoms with Crippen LogP contribution in [0.2, 0.25) is 0 Å². The van der Waals surface area contributed by atoms with E-state index >= 15 is 0 Å². The van der Waals surface area contributed by atoms with Crippen LogP contribution in [0.3, 0.4) is 0 Å². The fourth-order valence-corrected chi connectivity index (χ4v) is 2.30. The predicted octanol–water partition coefficient (Wildman–Crippen LogP) is 1.17. The first-order chi connectivity index (χ1) is 8.86. The highest BCUT2D eigenvalue weighted by Gasteiger charge is 2.28. The molecule has 0 radical (unpaired) electrons. The Morgan fingerprint density at radius 1 is 1.30 bits per heavy atom. The van der Waals surface area contributed by atoms with Gasteiger partial charge in [-0.05, 0) is 19.9 Å². The highest BCUT2D eigenvalue weighted by Crippen LogP contribution is 2.17. The van der Waals surface area contributed by atoms with E-state index in [9.17, 15) is 9.59 Å². The molecular weight excluding hydrogens is 278 g/mol. The summed E-state index contributed by atoms with van der Waals surface area (Å²) >= 11 is 0. The van der Waals surface area contributed by atoms with E-state index in [1.165, 1.54) is 0 Å². The van der Waals surface area contributed by atoms with E-state index in [1.807, 2.05) is 32.7 Å². The summed E-state index contributed by atoms with van der Waals surface area (Å²) < 4.78 is 0. The van der Waals surface area contributed by atoms with Crippen LogP contribution < -0.4 is 10.6 Å². The Bertz CT molecular complexity index is 329. The normalized spacial score (nSPS) is 18.6. The molecule has 1 atom stereocenters. The van der Waals surface area contributed by atoms with Crippen molar-refractivity contribution in [3.63, 3.8) is 0 Å². The highest BCUT2D eigenvalue weighted by atomic mass is 35.5. The van der Waals surface area contributed by atoms with Crippen molar-refractivity contribution in [2.24, 2.45) is 5.41 Å². The summed E-state index contributed by atoms with van der Waals surface area (Å²) in [7, 11) is 1.91. The van der Waals surface area contributed by atoms with Crippen molar-refractivity contribution in [3.8, 4) is 0 Å². The van der Waals surface area contributed by atoms with Crippen LogP contribution in [0.15, 0.2) is 0 Å². The Labute approximate surface area is 128 Å². The van der Waals surface area contributed by atoms with Crippen molar-refractivity contribution >= 4 is 24.2 Å². The number of likely N-dealkylation sites (N-methyl/N-ethyl adjacent to an activating group) is 1. The summed E-state index contributed by atoms with van der Waals surface area (Å²) in [6.07, 6.45) is 2.54. The van der Waals surface area contributed by atoms with Gasteiger partial charge in [0.25, 0.3) is 0 Å². The van der Waals surface area contributed by atoms with E-state index in [1.54, 1.807) is 0 Å². The van der Waals surface area contributed by atoms with Gasteiger partial charge in [0, 0.05) is 37.5 Å². The molecular formula is C14H28ClN3O2. The minimum absolute atomic E-state index is 0. The van der Waals surface area contributed by atoms with Crippen molar-refractivity contribution in [1.29, 1.82) is 0 Å². The fourth-order valence-electron chi connectivity index (χ4n) is 2.30. The second kappa shape index (κ2) is 8.47. The lowest BCUT2D eigenvalue weighted by Crippen LogP contribution is -2.42. The second-order valence-corrected chi connectivity index (χ2v) is 6.20. The molecule has 1 heterocycles. The average molecular weight is 306 g/mol. The van der Waals surface area contributed by atoms with Gasteiger partial charge >= 0.3 is 0 Å². The molecule has 20 heavy (non-hydrogen) atoms. The maximum atomic E-state index is 12.1. The van der Waals surface area contributed by atoms with Crippen LogP contribution in [0.5, 0.6) is 0 Å². The molecule has 1 fully saturated rings. The quantitative estimate of drug-likeness (QED) is 0.801. The first-order valence-corrected chi connectivity index (χ1v) is 7.08. The lowest BCUT2D eigenvalue weighted by atomic mass is 9.96. The predicted molar refractivity (Wildman–Crippen MR) is 83.0 cm³/mol. The largest absolute Gasteiger partial charge is 0.355 e. The first kappa shape index (κ1) is 19.2. The van der Waals surface area contributed by atoms with Gasteiger partial charge in [0.1, 0.15) is 0 Å². The van der Waals surface area contributed by atoms with Gasteiger partial charge in [0.15, 0.2) is 0 Å². The molecule has 0 aromatic rings. The molecule has 0 spiro atoms. The molecule has 6 heteroatoms. The van der Waals surface area contributed by atoms with Crippen LogP contribution in [-0.2, 0) is 9.59 Å². The highest BCUT2D eigenvalue weighted by molar-refractivity contribution is 5.85. The number of hydrogen-bond acceptors (Lipinski definition) is 3. The van der Waals surface area contributed by atoms with Gasteiger partial charge < -0.3 is 15.5 Å². The van der Waals surface area contributed by atoms with Crippen LogP contribution in [0.4, 0.5) is 0 Å². The molecule has 1 saturated heterocycles. The summed E-state index contributed by atoms with van der Waals surface area (Å²) in [6.45, 7) is 7.73. The van der Waals surface area contributed by atoms with Gasteiger partial charge in [-0.1, -0.05) is 20.8 Å². The van der Waals surface area contributed by atoms with Crippen molar-refractivity contribution in [2.45, 2.75) is 46.1 Å². The van der Waals surface area contributed by atoms with Crippen LogP contribution in [-0.4, -0.2) is 49.4 Å². The number of halogens is 1. The smallest absolute Gasteiger partial charge is 0.225 e. The lowest BCUT2D eigenvalue weighted by molar-refractivity contribution is -0.132. The summed E-state index contributed by atoms with van der Waals surface area (Å²) in [5, 5.41) is 5.95. The molecule has 0 bridgehead atoms. The Morgan fingerprint density at radius 2 is 1.95 bits per heavy atom. The van der Waals surface area contributed by atoms with Crippen LogP contribution in [0.1, 0.15) is 40.0 Å². The molecule has 5 nitrogen and oxygen atoms in total. The third-order valence-corrected chi connectivity index (χ3v) is 3.44. The Hall–Kier alpha value is -0.810. The van der Waals surface area contributed by atoms with Crippen molar-refractivity contribution in [3.05, 3.63) is 0 Å². The second-order valence-electron chi connectivity index (χ2n) is 6.20. The first-order valence-electron chi connectivity index (χ1n) is 7.08. The molecule has 1 aliphatic heterocycles. The van der Waals surface area contributed by atoms with Crippen molar-refractivity contribution in [2.75, 3.05) is 26.7 Å². The molecule has 2 amide bonds. The topological polar surface area (TPSA) is 61.4 Å². The van der Waals surface area contributed by atoms with Gasteiger partial charge in [-0.25, -0.2) is 0 Å². The maximum Gasteiger partial charge on any atom is 0.225 e. The Balaban J connectivity index is 0.00000361. The molecule has 0 aliphatic carbocycles. The van der Waals surface area contributed by atoms with E-state index in [2.05, 4.69) is 10.6 Å². The zero-order valence-electron chi connectivity index (χ0n) is 13.0. The van der Waals surface area contributed by atoms with Crippen LogP contribution in [0.25, 0.3) is 0 Å². The van der Waals surface area contributed by atoms with Gasteiger partial charge in [0.2, 0.25) is 11.8 Å². The Kier molecular flexibility index (Phi) is 8.13. The zero-order valence-corrected chi connectivity index (χ0v) is 13.8. The number of carbonyl (C=O) groups excluding carboxylic acids is 2. The van der Waals surface area contributed by atoms with Gasteiger partial charge in [-0.3, -0.25) is 9.59 Å². The molecule has 118 valence electrons. The van der Waals surface area contributed by atoms with E-state index in [0.29, 0.717) is 19.0 Å². The standard InChI is InChI=1S/C14H27N3O2.ClH/c1-14(2,3)13(19)16-8-7-12(18)17-9-5-6-11(17)10-15-4;/h11,15H,5-10H2,1-4H3,(H,16,19);1H. The van der Waals surface area contributed by atoms with E-state index in [4.69, 9.17) is 0 Å². The minimum Gasteiger partial charge on any atom is -0.355 e. The zero-order chi connectivity index (χ0) is 14.5. The molecule has 1 unspecified atom stereocenters. The maximum absolute atomic E-state index is 12.1. The number of nitrogens with zero attached hydrogens (tertiary/aromatic N) is 1. The molecule has 1 rings (SSSR count). The monoisotopic (exact) mass is 305 g/mol. The van der Waals surface area contributed by atoms with Gasteiger partial charge in [-0.15, -0.1) is 12.4 Å². The van der Waals surface area contributed by atoms with E-state index < -0.39 is 5.41 Å². The number of rotatable bonds is 5. The number of hydrogen-bond donors (Lipinski definition) is 2. The Morgan fingerprint density at radius 3 is 2.50 bits per heavy atom. The molecule has 0 aromatic heterocycles. The third kappa shape index (κ3) is 5.67. The SMILES string of the molecule is CNCC1CCCN1C(=O)CCNC(=O)C(C)(C)C.Cl. The van der Waals surface area contributed by atoms with Crippen LogP contribution in [0, 0.1) is 5.41 Å². The summed E-state index contributed by atoms with van der Waals surface area (Å²) in [6, 6.07) is 0.316. The third-order valence-electron chi connectivity index (χ3n) is 3.44. The van der Waals surface area contributed by atoms with Crippen molar-refractivity contribution < 1.29 is 9.59 Å². The van der Waals surface area contributed by atoms with E-state index in [-0.39, 0.29) is 24.2 Å². The van der Waals surface area contributed by atoms with Gasteiger partial charge in [0.05, 0.1) is 0 Å². The summed E-state index contributed by atoms with van der Waals surface area (Å²) in [4.78, 5) is 25.7. The minimum atomic E-state index is -0.397. The molecule has 2 N–H and O–H groups in total. The number of likely N-dealkylation sites (tertiary alicyclic amines) is 1. The number of amides is 2. The van der Waals surface area contributed by atoms with Crippen LogP contribution >= 0.6 is 12.4 Å². The fraction of sp³-hybridized carbons (Fsp3) is 0.857. The molecule has 0 saturated carbocycles. The summed E-state index contributed by atoms with van der Waals surface area (Å²) in [5.41, 5.74) is -0.397. The lowest BCUT2D eigenvalue weighted by Gasteiger charge is -2.25. The van der Waals surface area contributed by atoms with Crippen molar-refractivity contribution in [1.82, 2.24) is 15.5 Å².